The number of hydrogen-bond donors (Lipinski definition) is 1. The van der Waals surface area contributed by atoms with Gasteiger partial charge in [0.2, 0.25) is 0 Å². The van der Waals surface area contributed by atoms with Crippen LogP contribution in [0.25, 0.3) is 11.0 Å². The number of benzene rings is 1. The first-order chi connectivity index (χ1) is 16.1. The molecule has 1 N–H and O–H groups in total. The molecule has 0 aliphatic carbocycles. The number of sulfone groups is 1. The molecular weight excluding hydrogens is 465 g/mol. The van der Waals surface area contributed by atoms with Crippen molar-refractivity contribution in [2.45, 2.75) is 58.4 Å². The summed E-state index contributed by atoms with van der Waals surface area (Å²) in [5.74, 6) is 0.299. The van der Waals surface area contributed by atoms with E-state index in [0.29, 0.717) is 41.9 Å². The van der Waals surface area contributed by atoms with E-state index in [-0.39, 0.29) is 23.0 Å². The number of alkyl halides is 2. The molecule has 3 heterocycles. The normalized spacial score (nSPS) is 17.3. The van der Waals surface area contributed by atoms with Gasteiger partial charge in [-0.3, -0.25) is 0 Å². The minimum Gasteiger partial charge on any atom is -0.363 e. The number of fused-ring (bicyclic) bond motifs is 1. The number of hydrogen-bond acceptors (Lipinski definition) is 6. The molecule has 34 heavy (non-hydrogen) atoms. The van der Waals surface area contributed by atoms with E-state index >= 15 is 0 Å². The summed E-state index contributed by atoms with van der Waals surface area (Å²) < 4.78 is 64.9. The Morgan fingerprint density at radius 2 is 1.79 bits per heavy atom. The van der Waals surface area contributed by atoms with Crippen molar-refractivity contribution in [1.29, 1.82) is 0 Å². The molecule has 1 aliphatic heterocycles. The van der Waals surface area contributed by atoms with Gasteiger partial charge < -0.3 is 5.32 Å². The minimum absolute atomic E-state index is 0.0575. The highest BCUT2D eigenvalue weighted by Gasteiger charge is 2.28. The third-order valence-corrected chi connectivity index (χ3v) is 8.07. The van der Waals surface area contributed by atoms with Gasteiger partial charge in [-0.1, -0.05) is 25.1 Å². The highest BCUT2D eigenvalue weighted by atomic mass is 32.2. The van der Waals surface area contributed by atoms with E-state index in [2.05, 4.69) is 15.3 Å². The number of pyridine rings is 1. The lowest BCUT2D eigenvalue weighted by Crippen LogP contribution is -2.23. The lowest BCUT2D eigenvalue weighted by atomic mass is 9.90. The van der Waals surface area contributed by atoms with Crippen LogP contribution in [0.2, 0.25) is 0 Å². The third kappa shape index (κ3) is 4.87. The van der Waals surface area contributed by atoms with Crippen LogP contribution in [0.3, 0.4) is 0 Å². The quantitative estimate of drug-likeness (QED) is 0.493. The number of nitrogens with zero attached hydrogens (tertiary/aromatic N) is 3. The molecule has 0 saturated carbocycles. The van der Waals surface area contributed by atoms with Gasteiger partial charge in [0.25, 0.3) is 6.43 Å². The molecule has 10 heteroatoms. The molecule has 0 amide bonds. The van der Waals surface area contributed by atoms with Crippen molar-refractivity contribution in [3.63, 3.8) is 0 Å². The van der Waals surface area contributed by atoms with E-state index in [1.807, 2.05) is 13.0 Å². The van der Waals surface area contributed by atoms with Gasteiger partial charge in [0, 0.05) is 11.3 Å². The van der Waals surface area contributed by atoms with Gasteiger partial charge in [-0.15, -0.1) is 0 Å². The molecule has 0 bridgehead atoms. The molecule has 0 radical (unpaired) electrons. The molecule has 1 aliphatic rings. The number of nitrogens with one attached hydrogen (secondary N) is 1. The average Bonchev–Trinajstić information content (AvgIpc) is 2.78. The maximum atomic E-state index is 14.7. The van der Waals surface area contributed by atoms with Crippen LogP contribution in [0, 0.1) is 12.7 Å². The molecule has 1 atom stereocenters. The topological polar surface area (TPSA) is 84.8 Å². The van der Waals surface area contributed by atoms with Crippen LogP contribution in [0.15, 0.2) is 24.3 Å². The van der Waals surface area contributed by atoms with Crippen molar-refractivity contribution >= 4 is 26.7 Å². The van der Waals surface area contributed by atoms with E-state index in [1.54, 1.807) is 13.8 Å². The molecule has 182 valence electrons. The predicted molar refractivity (Wildman–Crippen MR) is 125 cm³/mol. The molecule has 0 spiro atoms. The Morgan fingerprint density at radius 1 is 1.12 bits per heavy atom. The number of halogens is 3. The van der Waals surface area contributed by atoms with E-state index < -0.39 is 33.7 Å². The summed E-state index contributed by atoms with van der Waals surface area (Å²) >= 11 is 0. The van der Waals surface area contributed by atoms with Crippen molar-refractivity contribution < 1.29 is 21.6 Å². The van der Waals surface area contributed by atoms with Crippen LogP contribution in [-0.2, 0) is 16.3 Å². The van der Waals surface area contributed by atoms with Crippen LogP contribution < -0.4 is 5.32 Å². The van der Waals surface area contributed by atoms with Crippen molar-refractivity contribution in [2.75, 3.05) is 16.8 Å². The summed E-state index contributed by atoms with van der Waals surface area (Å²) in [6, 6.07) is 5.25. The Labute approximate surface area is 197 Å². The van der Waals surface area contributed by atoms with Crippen LogP contribution >= 0.6 is 0 Å². The zero-order chi connectivity index (χ0) is 24.6. The molecule has 1 saturated heterocycles. The largest absolute Gasteiger partial charge is 0.363 e. The second-order valence-electron chi connectivity index (χ2n) is 8.71. The highest BCUT2D eigenvalue weighted by Crippen LogP contribution is 2.35. The molecule has 1 aromatic carbocycles. The molecule has 0 unspecified atom stereocenters. The molecule has 2 aromatic heterocycles. The van der Waals surface area contributed by atoms with E-state index in [9.17, 15) is 21.6 Å². The number of rotatable bonds is 6. The number of anilines is 1. The highest BCUT2D eigenvalue weighted by molar-refractivity contribution is 7.91. The van der Waals surface area contributed by atoms with Gasteiger partial charge in [0.15, 0.2) is 5.65 Å². The second kappa shape index (κ2) is 9.48. The van der Waals surface area contributed by atoms with E-state index in [0.717, 1.165) is 17.3 Å². The van der Waals surface area contributed by atoms with Crippen molar-refractivity contribution in [3.8, 4) is 0 Å². The van der Waals surface area contributed by atoms with Crippen molar-refractivity contribution in [2.24, 2.45) is 0 Å². The van der Waals surface area contributed by atoms with Gasteiger partial charge in [-0.05, 0) is 50.7 Å². The molecule has 1 fully saturated rings. The standard InChI is InChI=1S/C24H27F3N4O2S/c1-4-20-18(15-8-10-34(32,33)11-9-15)12-19-23(29-14(3)30-24(19)31-20)28-13(2)16-6-5-7-17(21(16)25)22(26)27/h5-7,12-13,15,22H,4,8-11H2,1-3H3,(H,28,29,30,31)/t13-/m1/s1. The summed E-state index contributed by atoms with van der Waals surface area (Å²) in [7, 11) is -3.01. The zero-order valence-electron chi connectivity index (χ0n) is 19.3. The van der Waals surface area contributed by atoms with Gasteiger partial charge in [0.05, 0.1) is 28.5 Å². The fraction of sp³-hybridized carbons (Fsp3) is 0.458. The lowest BCUT2D eigenvalue weighted by Gasteiger charge is -2.25. The first-order valence-corrected chi connectivity index (χ1v) is 13.1. The number of aromatic nitrogens is 3. The SMILES string of the molecule is CCc1nc2nc(C)nc(N[C@H](C)c3cccc(C(F)F)c3F)c2cc1C1CCS(=O)(=O)CC1. The first-order valence-electron chi connectivity index (χ1n) is 11.3. The van der Waals surface area contributed by atoms with Crippen LogP contribution in [0.5, 0.6) is 0 Å². The Morgan fingerprint density at radius 3 is 2.44 bits per heavy atom. The zero-order valence-corrected chi connectivity index (χ0v) is 20.1. The fourth-order valence-corrected chi connectivity index (χ4v) is 6.01. The van der Waals surface area contributed by atoms with Crippen molar-refractivity contribution in [3.05, 3.63) is 58.3 Å². The molecular formula is C24H27F3N4O2S. The maximum Gasteiger partial charge on any atom is 0.266 e. The smallest absolute Gasteiger partial charge is 0.266 e. The monoisotopic (exact) mass is 492 g/mol. The van der Waals surface area contributed by atoms with Crippen LogP contribution in [0.1, 0.15) is 73.3 Å². The van der Waals surface area contributed by atoms with Gasteiger partial charge >= 0.3 is 0 Å². The van der Waals surface area contributed by atoms with Crippen LogP contribution in [-0.4, -0.2) is 34.9 Å². The summed E-state index contributed by atoms with van der Waals surface area (Å²) in [6.07, 6.45) is -1.18. The Kier molecular flexibility index (Phi) is 6.80. The summed E-state index contributed by atoms with van der Waals surface area (Å²) in [4.78, 5) is 13.7. The minimum atomic E-state index is -3.01. The predicted octanol–water partition coefficient (Wildman–Crippen LogP) is 5.44. The molecule has 4 rings (SSSR count). The third-order valence-electron chi connectivity index (χ3n) is 6.35. The molecule has 3 aromatic rings. The van der Waals surface area contributed by atoms with Gasteiger partial charge in [-0.25, -0.2) is 36.5 Å². The lowest BCUT2D eigenvalue weighted by molar-refractivity contribution is 0.146. The summed E-state index contributed by atoms with van der Waals surface area (Å²) in [6.45, 7) is 5.39. The van der Waals surface area contributed by atoms with Crippen molar-refractivity contribution in [1.82, 2.24) is 15.0 Å². The first kappa shape index (κ1) is 24.4. The van der Waals surface area contributed by atoms with Crippen LogP contribution in [0.4, 0.5) is 19.0 Å². The Balaban J connectivity index is 1.75. The number of aryl methyl sites for hydroxylation is 2. The van der Waals surface area contributed by atoms with Gasteiger partial charge in [0.1, 0.15) is 27.3 Å². The second-order valence-corrected chi connectivity index (χ2v) is 11.0. The van der Waals surface area contributed by atoms with E-state index in [4.69, 9.17) is 4.98 Å². The average molecular weight is 493 g/mol. The maximum absolute atomic E-state index is 14.7. The Hall–Kier alpha value is -2.75. The Bertz CT molecular complexity index is 1320. The van der Waals surface area contributed by atoms with Gasteiger partial charge in [-0.2, -0.15) is 0 Å². The van der Waals surface area contributed by atoms with E-state index in [1.165, 1.54) is 12.1 Å². The summed E-state index contributed by atoms with van der Waals surface area (Å²) in [5, 5.41) is 3.79. The molecule has 6 nitrogen and oxygen atoms in total. The summed E-state index contributed by atoms with van der Waals surface area (Å²) in [5.41, 5.74) is 1.79. The fourth-order valence-electron chi connectivity index (χ4n) is 4.52.